The molecule has 1 fully saturated rings. The summed E-state index contributed by atoms with van der Waals surface area (Å²) in [5, 5.41) is 12.4. The molecule has 1 aliphatic carbocycles. The third kappa shape index (κ3) is 7.68. The molecule has 0 spiro atoms. The van der Waals surface area contributed by atoms with Crippen LogP contribution in [-0.4, -0.2) is 11.9 Å². The van der Waals surface area contributed by atoms with Gasteiger partial charge >= 0.3 is 5.97 Å². The van der Waals surface area contributed by atoms with Crippen LogP contribution in [0.1, 0.15) is 87.0 Å². The molecule has 1 aliphatic rings. The number of anilines is 1. The number of carbonyl (C=O) groups is 2. The van der Waals surface area contributed by atoms with Crippen LogP contribution >= 0.6 is 0 Å². The maximum atomic E-state index is 13.4. The van der Waals surface area contributed by atoms with Gasteiger partial charge in [0.2, 0.25) is 5.91 Å². The normalized spacial score (nSPS) is 14.6. The van der Waals surface area contributed by atoms with Crippen LogP contribution in [0.25, 0.3) is 0 Å². The summed E-state index contributed by atoms with van der Waals surface area (Å²) in [7, 11) is 0. The fraction of sp³-hybridized carbons (Fsp3) is 0.500. The van der Waals surface area contributed by atoms with E-state index in [0.717, 1.165) is 54.5 Å². The molecule has 1 saturated carbocycles. The van der Waals surface area contributed by atoms with Crippen LogP contribution in [0.2, 0.25) is 0 Å². The average Bonchev–Trinajstić information content (AvgIpc) is 3.63. The number of unbranched alkanes of at least 4 members (excludes halogenated alkanes) is 3. The zero-order valence-electron chi connectivity index (χ0n) is 21.4. The van der Waals surface area contributed by atoms with Gasteiger partial charge in [-0.1, -0.05) is 62.9 Å². The lowest BCUT2D eigenvalue weighted by molar-refractivity contribution is -0.146. The predicted molar refractivity (Wildman–Crippen MR) is 139 cm³/mol. The third-order valence-electron chi connectivity index (χ3n) is 7.08. The molecule has 1 unspecified atom stereocenters. The highest BCUT2D eigenvalue weighted by molar-refractivity contribution is 5.98. The molecule has 0 saturated heterocycles. The minimum Gasteiger partial charge on any atom is -0.461 e. The van der Waals surface area contributed by atoms with Gasteiger partial charge in [-0.25, -0.2) is 0 Å². The number of rotatable bonds is 13. The summed E-state index contributed by atoms with van der Waals surface area (Å²) in [6.07, 6.45) is 8.25. The van der Waals surface area contributed by atoms with Gasteiger partial charge in [0.15, 0.2) is 0 Å². The first kappa shape index (κ1) is 26.5. The second-order valence-corrected chi connectivity index (χ2v) is 10.1. The lowest BCUT2D eigenvalue weighted by Crippen LogP contribution is -2.28. The van der Waals surface area contributed by atoms with Gasteiger partial charge in [-0.05, 0) is 74.3 Å². The first-order chi connectivity index (χ1) is 16.9. The first-order valence-corrected chi connectivity index (χ1v) is 12.9. The van der Waals surface area contributed by atoms with Crippen molar-refractivity contribution < 1.29 is 14.3 Å². The van der Waals surface area contributed by atoms with Crippen LogP contribution in [0, 0.1) is 36.5 Å². The number of hydrogen-bond acceptors (Lipinski definition) is 4. The molecule has 1 amide bonds. The number of aryl methyl sites for hydroxylation is 2. The van der Waals surface area contributed by atoms with Gasteiger partial charge in [-0.3, -0.25) is 9.59 Å². The molecular formula is C30H38N2O3. The summed E-state index contributed by atoms with van der Waals surface area (Å²) >= 11 is 0. The zero-order chi connectivity index (χ0) is 25.3. The van der Waals surface area contributed by atoms with E-state index >= 15 is 0 Å². The first-order valence-electron chi connectivity index (χ1n) is 12.9. The van der Waals surface area contributed by atoms with E-state index in [4.69, 9.17) is 4.74 Å². The molecule has 0 aliphatic heterocycles. The van der Waals surface area contributed by atoms with Crippen LogP contribution in [0.15, 0.2) is 42.5 Å². The minimum absolute atomic E-state index is 0.0321. The SMILES string of the molecule is CCCCCCC(CC(=O)OCc1ccccc1)CC1(C(=O)Nc2c(C)cc(C#N)cc2C)CC1. The number of hydrogen-bond donors (Lipinski definition) is 1. The van der Waals surface area contributed by atoms with Crippen molar-refractivity contribution in [3.63, 3.8) is 0 Å². The van der Waals surface area contributed by atoms with E-state index in [-0.39, 0.29) is 24.4 Å². The predicted octanol–water partition coefficient (Wildman–Crippen LogP) is 7.00. The number of nitrogens with one attached hydrogen (secondary N) is 1. The van der Waals surface area contributed by atoms with Crippen LogP contribution in [-0.2, 0) is 20.9 Å². The van der Waals surface area contributed by atoms with E-state index in [2.05, 4.69) is 18.3 Å². The van der Waals surface area contributed by atoms with E-state index in [1.807, 2.05) is 56.3 Å². The Morgan fingerprint density at radius 1 is 1.09 bits per heavy atom. The average molecular weight is 475 g/mol. The molecule has 0 aromatic heterocycles. The Balaban J connectivity index is 1.63. The number of benzene rings is 2. The topological polar surface area (TPSA) is 79.2 Å². The molecule has 5 nitrogen and oxygen atoms in total. The Bertz CT molecular complexity index is 1030. The van der Waals surface area contributed by atoms with Gasteiger partial charge in [-0.15, -0.1) is 0 Å². The summed E-state index contributed by atoms with van der Waals surface area (Å²) in [6.45, 7) is 6.31. The van der Waals surface area contributed by atoms with Crippen molar-refractivity contribution in [1.82, 2.24) is 0 Å². The van der Waals surface area contributed by atoms with Gasteiger partial charge in [-0.2, -0.15) is 5.26 Å². The van der Waals surface area contributed by atoms with Crippen molar-refractivity contribution in [2.24, 2.45) is 11.3 Å². The lowest BCUT2D eigenvalue weighted by atomic mass is 9.85. The summed E-state index contributed by atoms with van der Waals surface area (Å²) in [6, 6.07) is 15.5. The summed E-state index contributed by atoms with van der Waals surface area (Å²) in [5.41, 5.74) is 3.74. The Kier molecular flexibility index (Phi) is 9.48. The Hall–Kier alpha value is -3.13. The van der Waals surface area contributed by atoms with E-state index in [1.165, 1.54) is 12.8 Å². The van der Waals surface area contributed by atoms with E-state index in [0.29, 0.717) is 18.4 Å². The molecule has 3 rings (SSSR count). The number of ether oxygens (including phenoxy) is 1. The number of nitrogens with zero attached hydrogens (tertiary/aromatic N) is 1. The lowest BCUT2D eigenvalue weighted by Gasteiger charge is -2.23. The highest BCUT2D eigenvalue weighted by Gasteiger charge is 2.51. The number of esters is 1. The molecule has 2 aromatic carbocycles. The monoisotopic (exact) mass is 474 g/mol. The second kappa shape index (κ2) is 12.5. The van der Waals surface area contributed by atoms with E-state index in [9.17, 15) is 14.9 Å². The quantitative estimate of drug-likeness (QED) is 0.250. The summed E-state index contributed by atoms with van der Waals surface area (Å²) in [5.74, 6) is -0.0273. The molecule has 35 heavy (non-hydrogen) atoms. The Labute approximate surface area is 209 Å². The van der Waals surface area contributed by atoms with Crippen molar-refractivity contribution in [1.29, 1.82) is 5.26 Å². The van der Waals surface area contributed by atoms with Crippen molar-refractivity contribution in [3.8, 4) is 6.07 Å². The third-order valence-corrected chi connectivity index (χ3v) is 7.08. The van der Waals surface area contributed by atoms with Crippen LogP contribution in [0.3, 0.4) is 0 Å². The maximum absolute atomic E-state index is 13.4. The Morgan fingerprint density at radius 2 is 1.77 bits per heavy atom. The molecule has 1 N–H and O–H groups in total. The van der Waals surface area contributed by atoms with Gasteiger partial charge < -0.3 is 10.1 Å². The summed E-state index contributed by atoms with van der Waals surface area (Å²) < 4.78 is 5.56. The van der Waals surface area contributed by atoms with Crippen LogP contribution < -0.4 is 5.32 Å². The molecule has 2 aromatic rings. The standard InChI is InChI=1S/C30H38N2O3/c1-4-5-6-8-13-25(18-27(33)35-21-24-11-9-7-10-12-24)19-30(14-15-30)29(34)32-28-22(2)16-26(20-31)17-23(28)3/h7,9-12,16-17,25H,4-6,8,13-15,18-19,21H2,1-3H3,(H,32,34). The molecule has 186 valence electrons. The van der Waals surface area contributed by atoms with Crippen molar-refractivity contribution in [2.75, 3.05) is 5.32 Å². The molecule has 5 heteroatoms. The van der Waals surface area contributed by atoms with Gasteiger partial charge in [0.05, 0.1) is 11.6 Å². The number of amides is 1. The number of carbonyl (C=O) groups excluding carboxylic acids is 2. The van der Waals surface area contributed by atoms with Crippen molar-refractivity contribution in [2.45, 2.75) is 85.2 Å². The van der Waals surface area contributed by atoms with Gasteiger partial charge in [0, 0.05) is 17.5 Å². The maximum Gasteiger partial charge on any atom is 0.306 e. The minimum atomic E-state index is -0.415. The van der Waals surface area contributed by atoms with E-state index < -0.39 is 5.41 Å². The molecular weight excluding hydrogens is 436 g/mol. The van der Waals surface area contributed by atoms with Crippen molar-refractivity contribution in [3.05, 3.63) is 64.7 Å². The molecule has 1 atom stereocenters. The van der Waals surface area contributed by atoms with Crippen LogP contribution in [0.4, 0.5) is 5.69 Å². The molecule has 0 radical (unpaired) electrons. The van der Waals surface area contributed by atoms with Gasteiger partial charge in [0.1, 0.15) is 6.61 Å². The zero-order valence-corrected chi connectivity index (χ0v) is 21.4. The smallest absolute Gasteiger partial charge is 0.306 e. The van der Waals surface area contributed by atoms with Gasteiger partial charge in [0.25, 0.3) is 0 Å². The van der Waals surface area contributed by atoms with Crippen LogP contribution in [0.5, 0.6) is 0 Å². The largest absolute Gasteiger partial charge is 0.461 e. The van der Waals surface area contributed by atoms with E-state index in [1.54, 1.807) is 0 Å². The number of nitriles is 1. The second-order valence-electron chi connectivity index (χ2n) is 10.1. The van der Waals surface area contributed by atoms with Crippen molar-refractivity contribution >= 4 is 17.6 Å². The summed E-state index contributed by atoms with van der Waals surface area (Å²) in [4.78, 5) is 26.1. The molecule has 0 heterocycles. The molecule has 0 bridgehead atoms. The fourth-order valence-corrected chi connectivity index (χ4v) is 4.87. The fourth-order valence-electron chi connectivity index (χ4n) is 4.87. The Morgan fingerprint density at radius 3 is 2.37 bits per heavy atom. The highest BCUT2D eigenvalue weighted by atomic mass is 16.5. The highest BCUT2D eigenvalue weighted by Crippen LogP contribution is 2.52.